The van der Waals surface area contributed by atoms with Gasteiger partial charge in [0.1, 0.15) is 5.75 Å². The van der Waals surface area contributed by atoms with Crippen LogP contribution in [0.15, 0.2) is 89.1 Å². The van der Waals surface area contributed by atoms with Crippen molar-refractivity contribution in [3.63, 3.8) is 0 Å². The van der Waals surface area contributed by atoms with Crippen molar-refractivity contribution in [2.75, 3.05) is 12.6 Å². The first-order valence-corrected chi connectivity index (χ1v) is 8.84. The van der Waals surface area contributed by atoms with Crippen molar-refractivity contribution in [1.29, 1.82) is 0 Å². The Hall–Kier alpha value is -4.00. The van der Waals surface area contributed by atoms with Gasteiger partial charge >= 0.3 is 5.97 Å². The van der Waals surface area contributed by atoms with Gasteiger partial charge in [0, 0.05) is 0 Å². The molecule has 0 atom stereocenters. The first kappa shape index (κ1) is 19.8. The van der Waals surface area contributed by atoms with Gasteiger partial charge in [0.2, 0.25) is 0 Å². The van der Waals surface area contributed by atoms with Crippen molar-refractivity contribution in [3.05, 3.63) is 90.0 Å². The summed E-state index contributed by atoms with van der Waals surface area (Å²) in [4.78, 5) is 28.9. The minimum Gasteiger partial charge on any atom is -0.497 e. The summed E-state index contributed by atoms with van der Waals surface area (Å²) in [7, 11) is 1.55. The molecule has 3 aromatic rings. The normalized spacial score (nSPS) is 10.5. The number of amides is 1. The molecule has 1 N–H and O–H groups in total. The van der Waals surface area contributed by atoms with E-state index in [-0.39, 0.29) is 12.3 Å². The maximum Gasteiger partial charge on any atom is 0.362 e. The number of nitrogens with one attached hydrogen (secondary N) is 1. The maximum absolute atomic E-state index is 12.0. The van der Waals surface area contributed by atoms with Crippen LogP contribution in [-0.4, -0.2) is 19.0 Å². The number of benzene rings is 3. The number of hydrogen-bond acceptors (Lipinski definition) is 6. The van der Waals surface area contributed by atoms with Gasteiger partial charge in [-0.15, -0.1) is 10.2 Å². The third-order valence-electron chi connectivity index (χ3n) is 3.93. The lowest BCUT2D eigenvalue weighted by Crippen LogP contribution is -2.10. The Balaban J connectivity index is 1.50. The fraction of sp³-hybridized carbons (Fsp3) is 0.0909. The molecule has 0 aromatic heterocycles. The van der Waals surface area contributed by atoms with Crippen molar-refractivity contribution in [1.82, 2.24) is 0 Å². The Kier molecular flexibility index (Phi) is 6.67. The van der Waals surface area contributed by atoms with E-state index in [1.807, 2.05) is 30.3 Å². The zero-order valence-electron chi connectivity index (χ0n) is 15.7. The predicted molar refractivity (Wildman–Crippen MR) is 108 cm³/mol. The molecule has 0 unspecified atom stereocenters. The second-order valence-electron chi connectivity index (χ2n) is 6.02. The van der Waals surface area contributed by atoms with Crippen LogP contribution in [0.4, 0.5) is 11.4 Å². The molecule has 7 heteroatoms. The van der Waals surface area contributed by atoms with Crippen LogP contribution in [0, 0.1) is 0 Å². The van der Waals surface area contributed by atoms with Crippen molar-refractivity contribution in [3.8, 4) is 5.75 Å². The van der Waals surface area contributed by atoms with Gasteiger partial charge in [-0.1, -0.05) is 30.3 Å². The van der Waals surface area contributed by atoms with E-state index in [1.165, 1.54) is 0 Å². The van der Waals surface area contributed by atoms with E-state index in [9.17, 15) is 9.59 Å². The van der Waals surface area contributed by atoms with Gasteiger partial charge in [-0.05, 0) is 54.1 Å². The van der Waals surface area contributed by atoms with E-state index in [2.05, 4.69) is 15.7 Å². The summed E-state index contributed by atoms with van der Waals surface area (Å²) in [5, 5.41) is 7.65. The zero-order valence-corrected chi connectivity index (χ0v) is 15.7. The molecule has 0 spiro atoms. The number of anilines is 1. The lowest BCUT2D eigenvalue weighted by molar-refractivity contribution is -0.117. The molecular formula is C22H19N3O4. The number of nitrogens with zero attached hydrogens (tertiary/aromatic N) is 2. The van der Waals surface area contributed by atoms with E-state index < -0.39 is 5.97 Å². The quantitative estimate of drug-likeness (QED) is 0.466. The van der Waals surface area contributed by atoms with Crippen molar-refractivity contribution in [2.24, 2.45) is 10.2 Å². The van der Waals surface area contributed by atoms with Gasteiger partial charge in [-0.3, -0.25) is 4.79 Å². The largest absolute Gasteiger partial charge is 0.497 e. The smallest absolute Gasteiger partial charge is 0.362 e. The van der Waals surface area contributed by atoms with Gasteiger partial charge in [0.05, 0.1) is 30.5 Å². The summed E-state index contributed by atoms with van der Waals surface area (Å²) in [6, 6.07) is 22.6. The predicted octanol–water partition coefficient (Wildman–Crippen LogP) is 4.73. The van der Waals surface area contributed by atoms with Gasteiger partial charge in [0.15, 0.2) is 0 Å². The first-order valence-electron chi connectivity index (χ1n) is 8.84. The third kappa shape index (κ3) is 6.00. The summed E-state index contributed by atoms with van der Waals surface area (Å²) >= 11 is 0. The summed E-state index contributed by atoms with van der Waals surface area (Å²) in [5.74, 6) is -0.198. The molecule has 0 radical (unpaired) electrons. The van der Waals surface area contributed by atoms with Crippen LogP contribution < -0.4 is 10.2 Å². The molecular weight excluding hydrogens is 370 g/mol. The molecule has 0 bridgehead atoms. The molecule has 0 fully saturated rings. The van der Waals surface area contributed by atoms with Crippen LogP contribution in [0.5, 0.6) is 5.75 Å². The number of rotatable bonds is 7. The highest BCUT2D eigenvalue weighted by Crippen LogP contribution is 2.18. The summed E-state index contributed by atoms with van der Waals surface area (Å²) < 4.78 is 5.05. The summed E-state index contributed by atoms with van der Waals surface area (Å²) in [6.07, 6.45) is 0.200. The standard InChI is InChI=1S/C22H19N3O4/c1-28-20-13-7-17(8-14-20)22(27)29-25-19-11-9-18(10-12-19)23-24-21(26)15-16-5-3-2-4-6-16/h2-14,25H,15H2,1H3. The van der Waals surface area contributed by atoms with Crippen LogP contribution in [0.25, 0.3) is 0 Å². The van der Waals surface area contributed by atoms with Gasteiger partial charge in [-0.2, -0.15) is 0 Å². The third-order valence-corrected chi connectivity index (χ3v) is 3.93. The number of carbonyl (C=O) groups excluding carboxylic acids is 2. The minimum atomic E-state index is -0.525. The molecule has 0 saturated carbocycles. The highest BCUT2D eigenvalue weighted by atomic mass is 16.7. The Labute approximate surface area is 168 Å². The molecule has 0 aliphatic heterocycles. The van der Waals surface area contributed by atoms with E-state index in [4.69, 9.17) is 9.57 Å². The van der Waals surface area contributed by atoms with Gasteiger partial charge < -0.3 is 9.57 Å². The fourth-order valence-corrected chi connectivity index (χ4v) is 2.41. The molecule has 0 aliphatic carbocycles. The number of carbonyl (C=O) groups is 2. The lowest BCUT2D eigenvalue weighted by Gasteiger charge is -2.07. The number of azo groups is 1. The fourth-order valence-electron chi connectivity index (χ4n) is 2.41. The molecule has 3 aromatic carbocycles. The second kappa shape index (κ2) is 9.80. The van der Waals surface area contributed by atoms with Crippen molar-refractivity contribution < 1.29 is 19.2 Å². The maximum atomic E-state index is 12.0. The number of methoxy groups -OCH3 is 1. The number of hydrogen-bond donors (Lipinski definition) is 1. The molecule has 0 heterocycles. The second-order valence-corrected chi connectivity index (χ2v) is 6.02. The van der Waals surface area contributed by atoms with Crippen LogP contribution in [0.1, 0.15) is 15.9 Å². The first-order chi connectivity index (χ1) is 14.1. The Bertz CT molecular complexity index is 985. The van der Waals surface area contributed by atoms with Crippen molar-refractivity contribution >= 4 is 23.3 Å². The molecule has 0 saturated heterocycles. The molecule has 146 valence electrons. The SMILES string of the molecule is COc1ccc(C(=O)ONc2ccc(N=NC(=O)Cc3ccccc3)cc2)cc1. The molecule has 1 amide bonds. The Morgan fingerprint density at radius 3 is 2.24 bits per heavy atom. The number of ether oxygens (including phenoxy) is 1. The van der Waals surface area contributed by atoms with E-state index >= 15 is 0 Å². The molecule has 0 aliphatic rings. The minimum absolute atomic E-state index is 0.200. The molecule has 7 nitrogen and oxygen atoms in total. The highest BCUT2D eigenvalue weighted by Gasteiger charge is 2.08. The zero-order chi connectivity index (χ0) is 20.5. The molecule has 29 heavy (non-hydrogen) atoms. The summed E-state index contributed by atoms with van der Waals surface area (Å²) in [5.41, 5.74) is 4.92. The highest BCUT2D eigenvalue weighted by molar-refractivity contribution is 5.90. The van der Waals surface area contributed by atoms with E-state index in [1.54, 1.807) is 55.6 Å². The van der Waals surface area contributed by atoms with Crippen molar-refractivity contribution in [2.45, 2.75) is 6.42 Å². The molecule has 3 rings (SSSR count). The van der Waals surface area contributed by atoms with Crippen LogP contribution in [0.3, 0.4) is 0 Å². The Morgan fingerprint density at radius 1 is 0.897 bits per heavy atom. The van der Waals surface area contributed by atoms with E-state index in [0.717, 1.165) is 5.56 Å². The van der Waals surface area contributed by atoms with Crippen LogP contribution in [-0.2, 0) is 16.1 Å². The Morgan fingerprint density at radius 2 is 1.59 bits per heavy atom. The average molecular weight is 389 g/mol. The topological polar surface area (TPSA) is 89.3 Å². The average Bonchev–Trinajstić information content (AvgIpc) is 2.77. The summed E-state index contributed by atoms with van der Waals surface area (Å²) in [6.45, 7) is 0. The van der Waals surface area contributed by atoms with Crippen LogP contribution >= 0.6 is 0 Å². The lowest BCUT2D eigenvalue weighted by atomic mass is 10.1. The van der Waals surface area contributed by atoms with Gasteiger partial charge in [-0.25, -0.2) is 10.3 Å². The monoisotopic (exact) mass is 389 g/mol. The van der Waals surface area contributed by atoms with Gasteiger partial charge in [0.25, 0.3) is 5.91 Å². The van der Waals surface area contributed by atoms with Crippen LogP contribution in [0.2, 0.25) is 0 Å². The van der Waals surface area contributed by atoms with E-state index in [0.29, 0.717) is 22.7 Å².